The van der Waals surface area contributed by atoms with Gasteiger partial charge in [-0.05, 0) is 27.7 Å². The van der Waals surface area contributed by atoms with Crippen LogP contribution in [0.2, 0.25) is 6.55 Å². The van der Waals surface area contributed by atoms with Crippen molar-refractivity contribution in [1.82, 2.24) is 0 Å². The van der Waals surface area contributed by atoms with E-state index in [0.717, 1.165) is 0 Å². The zero-order valence-electron chi connectivity index (χ0n) is 11.3. The first kappa shape index (κ1) is 16.6. The van der Waals surface area contributed by atoms with Crippen LogP contribution in [-0.4, -0.2) is 49.6 Å². The van der Waals surface area contributed by atoms with Crippen molar-refractivity contribution in [3.63, 3.8) is 0 Å². The molecule has 0 spiro atoms. The van der Waals surface area contributed by atoms with Crippen LogP contribution in [0.5, 0.6) is 0 Å². The molecule has 0 fully saturated rings. The van der Waals surface area contributed by atoms with Crippen LogP contribution in [0.15, 0.2) is 0 Å². The van der Waals surface area contributed by atoms with Crippen LogP contribution in [-0.2, 0) is 9.47 Å². The Morgan fingerprint density at radius 1 is 1.15 bits per heavy atom. The molecule has 0 rings (SSSR count). The van der Waals surface area contributed by atoms with Gasteiger partial charge in [0, 0.05) is 0 Å². The Balaban J connectivity index is -0.000000202. The van der Waals surface area contributed by atoms with Gasteiger partial charge < -0.3 is 12.3 Å². The van der Waals surface area contributed by atoms with Crippen molar-refractivity contribution in [2.75, 3.05) is 0 Å². The van der Waals surface area contributed by atoms with Crippen molar-refractivity contribution in [3.8, 4) is 0 Å². The van der Waals surface area contributed by atoms with Crippen LogP contribution < -0.4 is 0 Å². The minimum Gasteiger partial charge on any atom is -1.00 e. The largest absolute Gasteiger partial charge is 2.00 e. The summed E-state index contributed by atoms with van der Waals surface area (Å²) in [4.78, 5) is -0.803. The zero-order valence-corrected chi connectivity index (χ0v) is 12.8. The van der Waals surface area contributed by atoms with Crippen LogP contribution >= 0.6 is 11.6 Å². The van der Waals surface area contributed by atoms with E-state index in [1.165, 1.54) is 0 Å². The van der Waals surface area contributed by atoms with Gasteiger partial charge in [-0.1, -0.05) is 18.1 Å². The van der Waals surface area contributed by atoms with Gasteiger partial charge >= 0.3 is 23.1 Å². The molecule has 13 heavy (non-hydrogen) atoms. The summed E-state index contributed by atoms with van der Waals surface area (Å²) in [5.41, 5.74) is 0. The fourth-order valence-corrected chi connectivity index (χ4v) is 2.25. The minimum atomic E-state index is -0.803. The number of halogens is 1. The van der Waals surface area contributed by atoms with Gasteiger partial charge in [0.15, 0.2) is 0 Å². The van der Waals surface area contributed by atoms with Gasteiger partial charge in [0.2, 0.25) is 4.87 Å². The molecule has 0 atom stereocenters. The van der Waals surface area contributed by atoms with Crippen molar-refractivity contribution in [3.05, 3.63) is 0 Å². The Hall–Kier alpha value is 1.19. The molecular weight excluding hydrogens is 216 g/mol. The average Bonchev–Trinajstić information content (AvgIpc) is 1.83. The van der Waals surface area contributed by atoms with Crippen LogP contribution in [0.3, 0.4) is 0 Å². The first-order valence-corrected chi connectivity index (χ1v) is 6.94. The van der Waals surface area contributed by atoms with E-state index in [9.17, 15) is 0 Å². The first-order valence-electron chi connectivity index (χ1n) is 4.44. The third-order valence-electron chi connectivity index (χ3n) is 1.25. The molecule has 0 bridgehead atoms. The monoisotopic (exact) mass is 236 g/mol. The Kier molecular flexibility index (Phi) is 9.56. The van der Waals surface area contributed by atoms with E-state index in [-0.39, 0.29) is 38.1 Å². The first-order chi connectivity index (χ1) is 5.39. The summed E-state index contributed by atoms with van der Waals surface area (Å²) in [6.45, 7) is 9.93. The second kappa shape index (κ2) is 7.48. The summed E-state index contributed by atoms with van der Waals surface area (Å²) >= 11 is 6.13. The number of ether oxygens (including phenoxy) is 2. The van der Waals surface area contributed by atoms with Crippen molar-refractivity contribution in [2.45, 2.75) is 51.3 Å². The molecular formula is C8H21ClMgO2Si. The summed E-state index contributed by atoms with van der Waals surface area (Å²) in [6, 6.07) is 0. The molecule has 0 aromatic carbocycles. The summed E-state index contributed by atoms with van der Waals surface area (Å²) in [5, 5.41) is 0. The van der Waals surface area contributed by atoms with E-state index in [2.05, 4.69) is 6.55 Å². The van der Waals surface area contributed by atoms with Gasteiger partial charge in [-0.25, -0.2) is 0 Å². The normalized spacial score (nSPS) is 12.9. The van der Waals surface area contributed by atoms with Gasteiger partial charge in [0.1, 0.15) is 9.52 Å². The molecule has 0 N–H and O–H groups in total. The van der Waals surface area contributed by atoms with Gasteiger partial charge in [-0.15, -0.1) is 0 Å². The molecule has 0 heterocycles. The second-order valence-corrected chi connectivity index (χ2v) is 6.01. The Labute approximate surface area is 108 Å². The SMILES string of the molecule is C[SiH2]C(Cl)(OC(C)C)OC(C)C.[H-].[H-].[Mg+2]. The van der Waals surface area contributed by atoms with Crippen LogP contribution in [0.25, 0.3) is 0 Å². The molecule has 0 aliphatic carbocycles. The van der Waals surface area contributed by atoms with E-state index in [1.807, 2.05) is 27.7 Å². The maximum Gasteiger partial charge on any atom is 2.00 e. The summed E-state index contributed by atoms with van der Waals surface area (Å²) in [6.07, 6.45) is 0.238. The Morgan fingerprint density at radius 2 is 1.46 bits per heavy atom. The number of rotatable bonds is 5. The predicted octanol–water partition coefficient (Wildman–Crippen LogP) is 1.75. The molecule has 0 amide bonds. The van der Waals surface area contributed by atoms with Crippen molar-refractivity contribution in [2.24, 2.45) is 0 Å². The minimum absolute atomic E-state index is 0. The predicted molar refractivity (Wildman–Crippen MR) is 63.4 cm³/mol. The Morgan fingerprint density at radius 3 is 1.62 bits per heavy atom. The Bertz CT molecular complexity index is 132. The topological polar surface area (TPSA) is 18.5 Å². The molecule has 0 aliphatic heterocycles. The molecule has 0 unspecified atom stereocenters. The second-order valence-electron chi connectivity index (χ2n) is 3.35. The molecule has 0 aliphatic rings. The van der Waals surface area contributed by atoms with E-state index < -0.39 is 14.4 Å². The fraction of sp³-hybridized carbons (Fsp3) is 1.00. The van der Waals surface area contributed by atoms with Gasteiger partial charge in [0.25, 0.3) is 0 Å². The third-order valence-corrected chi connectivity index (χ3v) is 3.40. The van der Waals surface area contributed by atoms with Crippen molar-refractivity contribution in [1.29, 1.82) is 0 Å². The maximum absolute atomic E-state index is 6.13. The quantitative estimate of drug-likeness (QED) is 0.412. The molecule has 2 nitrogen and oxygen atoms in total. The van der Waals surface area contributed by atoms with Crippen molar-refractivity contribution >= 4 is 44.2 Å². The molecule has 0 aromatic rings. The maximum atomic E-state index is 6.13. The molecule has 0 aromatic heterocycles. The standard InChI is InChI=1S/C8H19ClO2Si.Mg.2H/c1-6(2)10-8(9,12-5)11-7(3)4;;;/h6-7H,12H2,1-5H3;;;/q;+2;2*-1. The van der Waals surface area contributed by atoms with E-state index in [4.69, 9.17) is 21.1 Å². The third kappa shape index (κ3) is 8.21. The van der Waals surface area contributed by atoms with Gasteiger partial charge in [0.05, 0.1) is 12.2 Å². The van der Waals surface area contributed by atoms with Crippen LogP contribution in [0.1, 0.15) is 30.5 Å². The summed E-state index contributed by atoms with van der Waals surface area (Å²) < 4.78 is 11.0. The van der Waals surface area contributed by atoms with Crippen LogP contribution in [0, 0.1) is 0 Å². The number of alkyl halides is 1. The van der Waals surface area contributed by atoms with Crippen molar-refractivity contribution < 1.29 is 12.3 Å². The average molecular weight is 237 g/mol. The molecule has 78 valence electrons. The molecule has 5 heteroatoms. The number of hydrogen-bond donors (Lipinski definition) is 0. The summed E-state index contributed by atoms with van der Waals surface area (Å²) in [5.74, 6) is 0. The molecule has 0 saturated heterocycles. The number of hydrogen-bond acceptors (Lipinski definition) is 2. The molecule has 0 saturated carbocycles. The van der Waals surface area contributed by atoms with E-state index in [1.54, 1.807) is 0 Å². The van der Waals surface area contributed by atoms with Gasteiger partial charge in [-0.2, -0.15) is 0 Å². The van der Waals surface area contributed by atoms with E-state index >= 15 is 0 Å². The fourth-order valence-electron chi connectivity index (χ4n) is 0.898. The van der Waals surface area contributed by atoms with Crippen LogP contribution in [0.4, 0.5) is 0 Å². The molecule has 0 radical (unpaired) electrons. The zero-order chi connectivity index (χ0) is 9.78. The van der Waals surface area contributed by atoms with E-state index in [0.29, 0.717) is 0 Å². The summed E-state index contributed by atoms with van der Waals surface area (Å²) in [7, 11) is -0.533. The van der Waals surface area contributed by atoms with Gasteiger partial charge in [-0.3, -0.25) is 0 Å². The smallest absolute Gasteiger partial charge is 1.00 e.